The molecule has 0 unspecified atom stereocenters. The molecule has 0 saturated heterocycles. The maximum Gasteiger partial charge on any atom is 0.328 e. The summed E-state index contributed by atoms with van der Waals surface area (Å²) in [5, 5.41) is 24.7. The lowest BCUT2D eigenvalue weighted by Crippen LogP contribution is -2.58. The molecule has 37 heavy (non-hydrogen) atoms. The van der Waals surface area contributed by atoms with Crippen LogP contribution in [0.4, 0.5) is 0 Å². The number of hydrogen-bond acceptors (Lipinski definition) is 5. The van der Waals surface area contributed by atoms with E-state index >= 15 is 0 Å². The highest BCUT2D eigenvalue weighted by atomic mass is 16.5. The normalized spacial score (nSPS) is 42.8. The van der Waals surface area contributed by atoms with Gasteiger partial charge in [-0.1, -0.05) is 34.6 Å². The van der Waals surface area contributed by atoms with Crippen LogP contribution in [0.25, 0.3) is 0 Å². The summed E-state index contributed by atoms with van der Waals surface area (Å²) >= 11 is 0. The Hall–Kier alpha value is -1.14. The van der Waals surface area contributed by atoms with E-state index in [1.165, 1.54) is 32.8 Å². The van der Waals surface area contributed by atoms with Crippen LogP contribution in [0.2, 0.25) is 0 Å². The van der Waals surface area contributed by atoms with Crippen molar-refractivity contribution in [2.24, 2.45) is 52.3 Å². The molecule has 4 rings (SSSR count). The molecule has 0 spiro atoms. The van der Waals surface area contributed by atoms with Gasteiger partial charge in [0.25, 0.3) is 0 Å². The van der Waals surface area contributed by atoms with Crippen molar-refractivity contribution in [2.75, 3.05) is 7.11 Å². The number of aliphatic hydroxyl groups is 2. The average Bonchev–Trinajstić information content (AvgIpc) is 3.19. The molecule has 4 aliphatic rings. The van der Waals surface area contributed by atoms with Gasteiger partial charge in [0.05, 0.1) is 19.3 Å². The largest absolute Gasteiger partial charge is 0.467 e. The van der Waals surface area contributed by atoms with Crippen molar-refractivity contribution in [3.63, 3.8) is 0 Å². The first-order valence-electron chi connectivity index (χ1n) is 15.1. The number of carbonyl (C=O) groups excluding carboxylic acids is 2. The van der Waals surface area contributed by atoms with Crippen LogP contribution in [-0.2, 0) is 14.3 Å². The molecule has 6 nitrogen and oxygen atoms in total. The van der Waals surface area contributed by atoms with Crippen LogP contribution in [0, 0.1) is 52.3 Å². The Kier molecular flexibility index (Phi) is 8.70. The van der Waals surface area contributed by atoms with Gasteiger partial charge in [-0.2, -0.15) is 0 Å². The molecule has 3 N–H and O–H groups in total. The number of esters is 1. The summed E-state index contributed by atoms with van der Waals surface area (Å²) in [5.41, 5.74) is 0.458. The number of methoxy groups -OCH3 is 1. The van der Waals surface area contributed by atoms with E-state index in [0.717, 1.165) is 32.1 Å². The van der Waals surface area contributed by atoms with Gasteiger partial charge in [0.15, 0.2) is 0 Å². The number of fused-ring (bicyclic) bond motifs is 5. The predicted molar refractivity (Wildman–Crippen MR) is 144 cm³/mol. The molecule has 212 valence electrons. The topological polar surface area (TPSA) is 95.9 Å². The van der Waals surface area contributed by atoms with Crippen molar-refractivity contribution in [3.05, 3.63) is 0 Å². The van der Waals surface area contributed by atoms with Gasteiger partial charge >= 0.3 is 5.97 Å². The van der Waals surface area contributed by atoms with Gasteiger partial charge in [0.1, 0.15) is 6.04 Å². The van der Waals surface area contributed by atoms with E-state index in [0.29, 0.717) is 54.3 Å². The Bertz CT molecular complexity index is 830. The van der Waals surface area contributed by atoms with Crippen LogP contribution in [0.5, 0.6) is 0 Å². The van der Waals surface area contributed by atoms with Crippen LogP contribution in [0.3, 0.4) is 0 Å². The van der Waals surface area contributed by atoms with Crippen molar-refractivity contribution in [3.8, 4) is 0 Å². The first-order chi connectivity index (χ1) is 17.4. The summed E-state index contributed by atoms with van der Waals surface area (Å²) in [5.74, 6) is 2.76. The van der Waals surface area contributed by atoms with Gasteiger partial charge in [0, 0.05) is 6.42 Å². The highest BCUT2D eigenvalue weighted by molar-refractivity contribution is 5.84. The third-order valence-corrected chi connectivity index (χ3v) is 11.8. The number of carbonyl (C=O) groups is 2. The Balaban J connectivity index is 1.39. The molecule has 0 aromatic rings. The van der Waals surface area contributed by atoms with Gasteiger partial charge in [-0.25, -0.2) is 4.79 Å². The Morgan fingerprint density at radius 3 is 2.32 bits per heavy atom. The lowest BCUT2D eigenvalue weighted by atomic mass is 9.43. The fourth-order valence-corrected chi connectivity index (χ4v) is 9.83. The smallest absolute Gasteiger partial charge is 0.328 e. The van der Waals surface area contributed by atoms with Crippen LogP contribution < -0.4 is 5.32 Å². The molecule has 11 atom stereocenters. The monoisotopic (exact) mass is 519 g/mol. The van der Waals surface area contributed by atoms with Gasteiger partial charge in [-0.3, -0.25) is 4.79 Å². The highest BCUT2D eigenvalue weighted by Crippen LogP contribution is 2.68. The fraction of sp³-hybridized carbons (Fsp3) is 0.935. The van der Waals surface area contributed by atoms with E-state index in [-0.39, 0.29) is 34.9 Å². The van der Waals surface area contributed by atoms with Crippen LogP contribution in [-0.4, -0.2) is 47.4 Å². The molecular weight excluding hydrogens is 466 g/mol. The summed E-state index contributed by atoms with van der Waals surface area (Å²) in [6.07, 6.45) is 9.82. The first-order valence-corrected chi connectivity index (χ1v) is 15.1. The third-order valence-electron chi connectivity index (χ3n) is 11.8. The predicted octanol–water partition coefficient (Wildman–Crippen LogP) is 5.10. The number of amides is 1. The number of rotatable bonds is 8. The summed E-state index contributed by atoms with van der Waals surface area (Å²) in [7, 11) is 1.37. The van der Waals surface area contributed by atoms with E-state index in [1.54, 1.807) is 0 Å². The summed E-state index contributed by atoms with van der Waals surface area (Å²) in [4.78, 5) is 24.9. The molecule has 0 aromatic carbocycles. The molecule has 1 amide bonds. The molecule has 0 radical (unpaired) electrons. The number of aliphatic hydroxyl groups excluding tert-OH is 2. The minimum absolute atomic E-state index is 0.0625. The molecule has 6 heteroatoms. The van der Waals surface area contributed by atoms with E-state index in [2.05, 4.69) is 26.1 Å². The average molecular weight is 520 g/mol. The van der Waals surface area contributed by atoms with E-state index in [4.69, 9.17) is 4.74 Å². The van der Waals surface area contributed by atoms with Crippen molar-refractivity contribution in [1.29, 1.82) is 0 Å². The Morgan fingerprint density at radius 1 is 0.973 bits per heavy atom. The van der Waals surface area contributed by atoms with Crippen LogP contribution in [0.1, 0.15) is 105 Å². The van der Waals surface area contributed by atoms with E-state index in [1.807, 2.05) is 13.8 Å². The maximum atomic E-state index is 12.8. The van der Waals surface area contributed by atoms with Gasteiger partial charge in [0.2, 0.25) is 5.91 Å². The second kappa shape index (κ2) is 11.2. The van der Waals surface area contributed by atoms with Gasteiger partial charge in [-0.05, 0) is 116 Å². The van der Waals surface area contributed by atoms with Crippen LogP contribution in [0.15, 0.2) is 0 Å². The zero-order valence-corrected chi connectivity index (χ0v) is 24.2. The van der Waals surface area contributed by atoms with E-state index < -0.39 is 6.04 Å². The highest BCUT2D eigenvalue weighted by Gasteiger charge is 2.62. The second-order valence-electron chi connectivity index (χ2n) is 14.2. The second-order valence-corrected chi connectivity index (χ2v) is 14.2. The summed E-state index contributed by atoms with van der Waals surface area (Å²) in [6, 6.07) is -0.574. The fourth-order valence-electron chi connectivity index (χ4n) is 9.83. The number of hydrogen-bond donors (Lipinski definition) is 3. The third kappa shape index (κ3) is 5.48. The first kappa shape index (κ1) is 28.9. The SMILES string of the molecule is COC(=O)[C@H](CC(C)C)NC(=O)CC[C@@H](C)[C@H]1CC[C@H]2[C@@H]3[C@@H](O)C[C@@H]4C[C@H](O)CC[C@]4(C)[C@H]3CC[C@]12C. The molecule has 0 aliphatic heterocycles. The molecule has 4 saturated carbocycles. The Labute approximate surface area is 224 Å². The standard InChI is InChI=1S/C31H53NO5/c1-18(2)15-25(29(36)37-6)32-27(35)10-7-19(3)22-8-9-23-28-24(12-14-31(22,23)5)30(4)13-11-21(33)16-20(30)17-26(28)34/h18-26,28,33-34H,7-17H2,1-6H3,(H,32,35)/t19-,20+,21-,22-,23+,24+,25+,26+,28+,30+,31-/m1/s1. The molecule has 0 heterocycles. The maximum absolute atomic E-state index is 12.8. The molecule has 4 aliphatic carbocycles. The van der Waals surface area contributed by atoms with Crippen LogP contribution >= 0.6 is 0 Å². The number of nitrogens with one attached hydrogen (secondary N) is 1. The van der Waals surface area contributed by atoms with Crippen molar-refractivity contribution in [2.45, 2.75) is 123 Å². The van der Waals surface area contributed by atoms with Gasteiger partial charge < -0.3 is 20.3 Å². The number of ether oxygens (including phenoxy) is 1. The van der Waals surface area contributed by atoms with Crippen molar-refractivity contribution >= 4 is 11.9 Å². The molecule has 0 aromatic heterocycles. The zero-order valence-electron chi connectivity index (χ0n) is 24.2. The lowest BCUT2D eigenvalue weighted by molar-refractivity contribution is -0.174. The van der Waals surface area contributed by atoms with Crippen molar-refractivity contribution in [1.82, 2.24) is 5.32 Å². The quantitative estimate of drug-likeness (QED) is 0.388. The van der Waals surface area contributed by atoms with E-state index in [9.17, 15) is 19.8 Å². The summed E-state index contributed by atoms with van der Waals surface area (Å²) < 4.78 is 4.90. The minimum Gasteiger partial charge on any atom is -0.467 e. The summed E-state index contributed by atoms with van der Waals surface area (Å²) in [6.45, 7) is 11.3. The van der Waals surface area contributed by atoms with Gasteiger partial charge in [-0.15, -0.1) is 0 Å². The molecular formula is C31H53NO5. The zero-order chi connectivity index (χ0) is 27.1. The Morgan fingerprint density at radius 2 is 1.65 bits per heavy atom. The van der Waals surface area contributed by atoms with Crippen molar-refractivity contribution < 1.29 is 24.5 Å². The lowest BCUT2D eigenvalue weighted by Gasteiger charge is -2.62. The molecule has 4 fully saturated rings. The molecule has 0 bridgehead atoms. The minimum atomic E-state index is -0.574.